The number of piperidine rings is 1. The Morgan fingerprint density at radius 2 is 1.80 bits per heavy atom. The summed E-state index contributed by atoms with van der Waals surface area (Å²) in [7, 11) is 0. The maximum absolute atomic E-state index is 13.4. The SMILES string of the molecule is CC(N)c1cc(F)ccc1N1CCC2(CCCC2)CC1. The zero-order valence-electron chi connectivity index (χ0n) is 12.4. The lowest BCUT2D eigenvalue weighted by atomic mass is 9.77. The van der Waals surface area contributed by atoms with Crippen LogP contribution in [0.2, 0.25) is 0 Å². The quantitative estimate of drug-likeness (QED) is 0.884. The summed E-state index contributed by atoms with van der Waals surface area (Å²) in [4.78, 5) is 2.40. The van der Waals surface area contributed by atoms with Crippen molar-refractivity contribution in [2.75, 3.05) is 18.0 Å². The van der Waals surface area contributed by atoms with Crippen molar-refractivity contribution < 1.29 is 4.39 Å². The van der Waals surface area contributed by atoms with Crippen molar-refractivity contribution in [2.24, 2.45) is 11.1 Å². The standard InChI is InChI=1S/C17H25FN2/c1-13(19)15-12-14(18)4-5-16(15)20-10-8-17(9-11-20)6-2-3-7-17/h4-5,12-13H,2-3,6-11,19H2,1H3. The molecule has 1 aromatic rings. The highest BCUT2D eigenvalue weighted by atomic mass is 19.1. The number of halogens is 1. The van der Waals surface area contributed by atoms with Crippen LogP contribution in [-0.4, -0.2) is 13.1 Å². The van der Waals surface area contributed by atoms with Crippen molar-refractivity contribution in [1.29, 1.82) is 0 Å². The normalized spacial score (nSPS) is 23.2. The Morgan fingerprint density at radius 1 is 1.15 bits per heavy atom. The highest BCUT2D eigenvalue weighted by Crippen LogP contribution is 2.47. The predicted molar refractivity (Wildman–Crippen MR) is 81.4 cm³/mol. The minimum absolute atomic E-state index is 0.122. The van der Waals surface area contributed by atoms with E-state index in [0.717, 1.165) is 24.3 Å². The van der Waals surface area contributed by atoms with E-state index < -0.39 is 0 Å². The molecule has 1 aliphatic heterocycles. The van der Waals surface area contributed by atoms with Gasteiger partial charge in [0.05, 0.1) is 0 Å². The van der Waals surface area contributed by atoms with Gasteiger partial charge in [-0.05, 0) is 61.8 Å². The third-order valence-electron chi connectivity index (χ3n) is 5.31. The molecule has 1 aromatic carbocycles. The third-order valence-corrected chi connectivity index (χ3v) is 5.31. The van der Waals surface area contributed by atoms with Crippen LogP contribution in [-0.2, 0) is 0 Å². The van der Waals surface area contributed by atoms with Crippen molar-refractivity contribution in [3.05, 3.63) is 29.6 Å². The molecule has 2 N–H and O–H groups in total. The van der Waals surface area contributed by atoms with E-state index >= 15 is 0 Å². The van der Waals surface area contributed by atoms with E-state index in [1.54, 1.807) is 12.1 Å². The topological polar surface area (TPSA) is 29.3 Å². The summed E-state index contributed by atoms with van der Waals surface area (Å²) in [6.45, 7) is 4.11. The maximum atomic E-state index is 13.4. The number of nitrogens with zero attached hydrogens (tertiary/aromatic N) is 1. The second-order valence-corrected chi connectivity index (χ2v) is 6.69. The van der Waals surface area contributed by atoms with Crippen LogP contribution in [0.3, 0.4) is 0 Å². The summed E-state index contributed by atoms with van der Waals surface area (Å²) in [6.07, 6.45) is 8.18. The van der Waals surface area contributed by atoms with Gasteiger partial charge in [0.2, 0.25) is 0 Å². The minimum Gasteiger partial charge on any atom is -0.371 e. The number of rotatable bonds is 2. The van der Waals surface area contributed by atoms with Crippen LogP contribution in [0.25, 0.3) is 0 Å². The first kappa shape index (κ1) is 13.9. The van der Waals surface area contributed by atoms with Gasteiger partial charge in [-0.3, -0.25) is 0 Å². The second-order valence-electron chi connectivity index (χ2n) is 6.69. The molecule has 1 aliphatic carbocycles. The molecule has 0 bridgehead atoms. The number of nitrogens with two attached hydrogens (primary N) is 1. The van der Waals surface area contributed by atoms with Crippen LogP contribution < -0.4 is 10.6 Å². The number of anilines is 1. The van der Waals surface area contributed by atoms with Gasteiger partial charge in [-0.15, -0.1) is 0 Å². The number of benzene rings is 1. The van der Waals surface area contributed by atoms with Gasteiger partial charge in [0, 0.05) is 24.8 Å². The fourth-order valence-corrected chi connectivity index (χ4v) is 4.03. The molecule has 1 saturated heterocycles. The molecule has 1 heterocycles. The summed E-state index contributed by atoms with van der Waals surface area (Å²) >= 11 is 0. The molecule has 20 heavy (non-hydrogen) atoms. The highest BCUT2D eigenvalue weighted by Gasteiger charge is 2.37. The maximum Gasteiger partial charge on any atom is 0.123 e. The molecule has 0 aromatic heterocycles. The first-order chi connectivity index (χ1) is 9.60. The van der Waals surface area contributed by atoms with Crippen molar-refractivity contribution >= 4 is 5.69 Å². The molecular weight excluding hydrogens is 251 g/mol. The lowest BCUT2D eigenvalue weighted by Crippen LogP contribution is -2.39. The fourth-order valence-electron chi connectivity index (χ4n) is 4.03. The average Bonchev–Trinajstić information content (AvgIpc) is 2.88. The Hall–Kier alpha value is -1.09. The Bertz CT molecular complexity index is 468. The van der Waals surface area contributed by atoms with Gasteiger partial charge in [0.15, 0.2) is 0 Å². The zero-order chi connectivity index (χ0) is 14.2. The summed E-state index contributed by atoms with van der Waals surface area (Å²) in [6, 6.07) is 4.94. The third kappa shape index (κ3) is 2.56. The minimum atomic E-state index is -0.190. The molecule has 2 aliphatic rings. The number of hydrogen-bond donors (Lipinski definition) is 1. The molecule has 1 saturated carbocycles. The van der Waals surface area contributed by atoms with Gasteiger partial charge >= 0.3 is 0 Å². The van der Waals surface area contributed by atoms with E-state index in [9.17, 15) is 4.39 Å². The Labute approximate surface area is 121 Å². The highest BCUT2D eigenvalue weighted by molar-refractivity contribution is 5.55. The lowest BCUT2D eigenvalue weighted by Gasteiger charge is -2.41. The van der Waals surface area contributed by atoms with E-state index in [-0.39, 0.29) is 11.9 Å². The lowest BCUT2D eigenvalue weighted by molar-refractivity contribution is 0.226. The summed E-state index contributed by atoms with van der Waals surface area (Å²) in [5.74, 6) is -0.190. The van der Waals surface area contributed by atoms with Crippen molar-refractivity contribution in [1.82, 2.24) is 0 Å². The molecule has 1 atom stereocenters. The molecule has 2 fully saturated rings. The van der Waals surface area contributed by atoms with Crippen molar-refractivity contribution in [3.8, 4) is 0 Å². The van der Waals surface area contributed by atoms with Gasteiger partial charge in [0.1, 0.15) is 5.82 Å². The van der Waals surface area contributed by atoms with Gasteiger partial charge in [-0.1, -0.05) is 12.8 Å². The smallest absolute Gasteiger partial charge is 0.123 e. The van der Waals surface area contributed by atoms with Crippen molar-refractivity contribution in [2.45, 2.75) is 51.5 Å². The van der Waals surface area contributed by atoms with E-state index in [4.69, 9.17) is 5.73 Å². The van der Waals surface area contributed by atoms with Crippen LogP contribution in [0.5, 0.6) is 0 Å². The molecule has 3 rings (SSSR count). The van der Waals surface area contributed by atoms with E-state index in [1.807, 2.05) is 13.0 Å². The Morgan fingerprint density at radius 3 is 2.40 bits per heavy atom. The summed E-state index contributed by atoms with van der Waals surface area (Å²) < 4.78 is 13.4. The van der Waals surface area contributed by atoms with Crippen LogP contribution in [0.1, 0.15) is 57.1 Å². The molecular formula is C17H25FN2. The van der Waals surface area contributed by atoms with Crippen LogP contribution in [0.15, 0.2) is 18.2 Å². The molecule has 1 unspecified atom stereocenters. The van der Waals surface area contributed by atoms with E-state index in [1.165, 1.54) is 38.5 Å². The van der Waals surface area contributed by atoms with Gasteiger partial charge in [-0.25, -0.2) is 4.39 Å². The monoisotopic (exact) mass is 276 g/mol. The molecule has 110 valence electrons. The summed E-state index contributed by atoms with van der Waals surface area (Å²) in [5, 5.41) is 0. The van der Waals surface area contributed by atoms with E-state index in [2.05, 4.69) is 4.90 Å². The van der Waals surface area contributed by atoms with Crippen LogP contribution >= 0.6 is 0 Å². The molecule has 1 spiro atoms. The molecule has 0 radical (unpaired) electrons. The second kappa shape index (κ2) is 5.36. The number of hydrogen-bond acceptors (Lipinski definition) is 2. The Kier molecular flexibility index (Phi) is 3.72. The van der Waals surface area contributed by atoms with Crippen LogP contribution in [0.4, 0.5) is 10.1 Å². The molecule has 3 heteroatoms. The molecule has 0 amide bonds. The summed E-state index contributed by atoms with van der Waals surface area (Å²) in [5.41, 5.74) is 8.70. The zero-order valence-corrected chi connectivity index (χ0v) is 12.4. The van der Waals surface area contributed by atoms with Gasteiger partial charge in [0.25, 0.3) is 0 Å². The van der Waals surface area contributed by atoms with E-state index in [0.29, 0.717) is 5.41 Å². The Balaban J connectivity index is 1.77. The van der Waals surface area contributed by atoms with Gasteiger partial charge in [-0.2, -0.15) is 0 Å². The van der Waals surface area contributed by atoms with Gasteiger partial charge < -0.3 is 10.6 Å². The molecule has 2 nitrogen and oxygen atoms in total. The average molecular weight is 276 g/mol. The van der Waals surface area contributed by atoms with Crippen molar-refractivity contribution in [3.63, 3.8) is 0 Å². The first-order valence-electron chi connectivity index (χ1n) is 7.90. The first-order valence-corrected chi connectivity index (χ1v) is 7.90. The van der Waals surface area contributed by atoms with Crippen LogP contribution in [0, 0.1) is 11.2 Å². The predicted octanol–water partition coefficient (Wildman–Crippen LogP) is 4.01. The fraction of sp³-hybridized carbons (Fsp3) is 0.647. The largest absolute Gasteiger partial charge is 0.371 e.